The number of halogens is 1. The van der Waals surface area contributed by atoms with E-state index < -0.39 is 0 Å². The van der Waals surface area contributed by atoms with Crippen molar-refractivity contribution in [2.45, 2.75) is 51.5 Å². The summed E-state index contributed by atoms with van der Waals surface area (Å²) in [5.41, 5.74) is 3.98. The third-order valence-electron chi connectivity index (χ3n) is 6.42. The lowest BCUT2D eigenvalue weighted by Gasteiger charge is -2.24. The van der Waals surface area contributed by atoms with Crippen molar-refractivity contribution in [3.63, 3.8) is 0 Å². The Morgan fingerprint density at radius 1 is 1.15 bits per heavy atom. The highest BCUT2D eigenvalue weighted by Crippen LogP contribution is 2.33. The SMILES string of the molecule is Cc1nc([C@H]2CCCN2C(=O)c2n[nH]c3c2CCCC3)ncc1C(=O)Nc1ccc(F)cc1. The predicted molar refractivity (Wildman–Crippen MR) is 119 cm³/mol. The van der Waals surface area contributed by atoms with Gasteiger partial charge in [0.05, 0.1) is 17.3 Å². The minimum atomic E-state index is -0.372. The molecule has 33 heavy (non-hydrogen) atoms. The summed E-state index contributed by atoms with van der Waals surface area (Å²) >= 11 is 0. The number of rotatable bonds is 4. The van der Waals surface area contributed by atoms with Crippen LogP contribution in [0.25, 0.3) is 0 Å². The molecule has 3 aromatic rings. The van der Waals surface area contributed by atoms with Crippen LogP contribution in [0.15, 0.2) is 30.5 Å². The molecular weight excluding hydrogens is 423 g/mol. The monoisotopic (exact) mass is 448 g/mol. The normalized spacial score (nSPS) is 17.6. The number of hydrogen-bond donors (Lipinski definition) is 2. The molecule has 1 fully saturated rings. The van der Waals surface area contributed by atoms with E-state index in [9.17, 15) is 14.0 Å². The van der Waals surface area contributed by atoms with E-state index in [0.717, 1.165) is 49.8 Å². The number of likely N-dealkylation sites (tertiary alicyclic amines) is 1. The number of hydrogen-bond acceptors (Lipinski definition) is 5. The first kappa shape index (κ1) is 21.2. The molecule has 2 amide bonds. The van der Waals surface area contributed by atoms with Gasteiger partial charge in [-0.15, -0.1) is 0 Å². The lowest BCUT2D eigenvalue weighted by molar-refractivity contribution is 0.0722. The summed E-state index contributed by atoms with van der Waals surface area (Å²) in [6.45, 7) is 2.37. The molecule has 2 N–H and O–H groups in total. The molecule has 2 aromatic heterocycles. The Morgan fingerprint density at radius 3 is 2.73 bits per heavy atom. The molecule has 0 unspecified atom stereocenters. The molecule has 1 atom stereocenters. The molecular formula is C24H25FN6O2. The topological polar surface area (TPSA) is 104 Å². The molecule has 0 bridgehead atoms. The molecule has 8 nitrogen and oxygen atoms in total. The van der Waals surface area contributed by atoms with Crippen molar-refractivity contribution in [1.82, 2.24) is 25.1 Å². The summed E-state index contributed by atoms with van der Waals surface area (Å²) in [6.07, 6.45) is 7.11. The van der Waals surface area contributed by atoms with E-state index >= 15 is 0 Å². The van der Waals surface area contributed by atoms with Gasteiger partial charge in [-0.25, -0.2) is 14.4 Å². The Hall–Kier alpha value is -3.62. The fourth-order valence-electron chi connectivity index (χ4n) is 4.67. The largest absolute Gasteiger partial charge is 0.327 e. The van der Waals surface area contributed by atoms with Gasteiger partial charge >= 0.3 is 0 Å². The number of nitrogens with one attached hydrogen (secondary N) is 2. The number of aromatic amines is 1. The molecule has 170 valence electrons. The smallest absolute Gasteiger partial charge is 0.275 e. The summed E-state index contributed by atoms with van der Waals surface area (Å²) in [7, 11) is 0. The first-order valence-corrected chi connectivity index (χ1v) is 11.3. The second-order valence-corrected chi connectivity index (χ2v) is 8.58. The minimum absolute atomic E-state index is 0.0868. The van der Waals surface area contributed by atoms with Crippen molar-refractivity contribution in [3.8, 4) is 0 Å². The molecule has 1 saturated heterocycles. The third-order valence-corrected chi connectivity index (χ3v) is 6.42. The number of amides is 2. The van der Waals surface area contributed by atoms with Crippen molar-refractivity contribution < 1.29 is 14.0 Å². The number of aromatic nitrogens is 4. The molecule has 3 heterocycles. The highest BCUT2D eigenvalue weighted by atomic mass is 19.1. The lowest BCUT2D eigenvalue weighted by Crippen LogP contribution is -2.32. The number of nitrogens with zero attached hydrogens (tertiary/aromatic N) is 4. The van der Waals surface area contributed by atoms with Crippen LogP contribution in [-0.2, 0) is 12.8 Å². The number of aryl methyl sites for hydroxylation is 2. The summed E-state index contributed by atoms with van der Waals surface area (Å²) in [5, 5.41) is 10.1. The molecule has 1 aliphatic carbocycles. The Kier molecular flexibility index (Phi) is 5.62. The summed E-state index contributed by atoms with van der Waals surface area (Å²) in [6, 6.07) is 5.30. The molecule has 0 radical (unpaired) electrons. The van der Waals surface area contributed by atoms with Crippen molar-refractivity contribution in [2.75, 3.05) is 11.9 Å². The molecule has 1 aromatic carbocycles. The molecule has 5 rings (SSSR count). The lowest BCUT2D eigenvalue weighted by atomic mass is 9.95. The zero-order valence-electron chi connectivity index (χ0n) is 18.4. The fourth-order valence-corrected chi connectivity index (χ4v) is 4.67. The van der Waals surface area contributed by atoms with Gasteiger partial charge in [-0.3, -0.25) is 14.7 Å². The summed E-state index contributed by atoms with van der Waals surface area (Å²) < 4.78 is 13.1. The Morgan fingerprint density at radius 2 is 1.94 bits per heavy atom. The van der Waals surface area contributed by atoms with Crippen LogP contribution in [0.5, 0.6) is 0 Å². The van der Waals surface area contributed by atoms with Gasteiger partial charge in [0.2, 0.25) is 0 Å². The van der Waals surface area contributed by atoms with E-state index in [2.05, 4.69) is 25.5 Å². The van der Waals surface area contributed by atoms with Crippen LogP contribution < -0.4 is 5.32 Å². The van der Waals surface area contributed by atoms with Crippen LogP contribution in [0.1, 0.15) is 75.3 Å². The quantitative estimate of drug-likeness (QED) is 0.633. The van der Waals surface area contributed by atoms with Crippen LogP contribution in [0.3, 0.4) is 0 Å². The molecule has 0 spiro atoms. The number of fused-ring (bicyclic) bond motifs is 1. The maximum Gasteiger partial charge on any atom is 0.275 e. The highest BCUT2D eigenvalue weighted by molar-refractivity contribution is 6.04. The van der Waals surface area contributed by atoms with Crippen LogP contribution in [0.2, 0.25) is 0 Å². The number of carbonyl (C=O) groups excluding carboxylic acids is 2. The van der Waals surface area contributed by atoms with E-state index in [0.29, 0.717) is 35.0 Å². The van der Waals surface area contributed by atoms with E-state index in [1.165, 1.54) is 30.5 Å². The Bertz CT molecular complexity index is 1210. The van der Waals surface area contributed by atoms with Gasteiger partial charge in [-0.05, 0) is 69.7 Å². The van der Waals surface area contributed by atoms with Gasteiger partial charge in [0.15, 0.2) is 11.5 Å². The first-order valence-electron chi connectivity index (χ1n) is 11.3. The number of anilines is 1. The average Bonchev–Trinajstić information content (AvgIpc) is 3.47. The number of carbonyl (C=O) groups is 2. The second kappa shape index (κ2) is 8.73. The van der Waals surface area contributed by atoms with E-state index in [-0.39, 0.29) is 23.7 Å². The standard InChI is InChI=1S/C24H25FN6O2/c1-14-18(23(32)28-16-10-8-15(25)9-11-16)13-26-22(27-14)20-7-4-12-31(20)24(33)21-17-5-2-3-6-19(17)29-30-21/h8-11,13,20H,2-7,12H2,1H3,(H,28,32)(H,29,30)/t20-/m1/s1. The zero-order chi connectivity index (χ0) is 22.9. The summed E-state index contributed by atoms with van der Waals surface area (Å²) in [5.74, 6) is -0.298. The minimum Gasteiger partial charge on any atom is -0.327 e. The second-order valence-electron chi connectivity index (χ2n) is 8.58. The van der Waals surface area contributed by atoms with Gasteiger partial charge < -0.3 is 10.2 Å². The molecule has 2 aliphatic rings. The van der Waals surface area contributed by atoms with Crippen LogP contribution in [-0.4, -0.2) is 43.4 Å². The highest BCUT2D eigenvalue weighted by Gasteiger charge is 2.35. The van der Waals surface area contributed by atoms with Crippen LogP contribution in [0.4, 0.5) is 10.1 Å². The van der Waals surface area contributed by atoms with Crippen molar-refractivity contribution >= 4 is 17.5 Å². The third kappa shape index (κ3) is 4.10. The van der Waals surface area contributed by atoms with Gasteiger partial charge in [-0.2, -0.15) is 5.10 Å². The van der Waals surface area contributed by atoms with Crippen LogP contribution >= 0.6 is 0 Å². The van der Waals surface area contributed by atoms with Crippen molar-refractivity contribution in [3.05, 3.63) is 70.3 Å². The zero-order valence-corrected chi connectivity index (χ0v) is 18.4. The Labute approximate surface area is 190 Å². The van der Waals surface area contributed by atoms with Crippen molar-refractivity contribution in [2.24, 2.45) is 0 Å². The predicted octanol–water partition coefficient (Wildman–Crippen LogP) is 3.76. The first-order chi connectivity index (χ1) is 16.0. The van der Waals surface area contributed by atoms with Crippen molar-refractivity contribution in [1.29, 1.82) is 0 Å². The van der Waals surface area contributed by atoms with E-state index in [4.69, 9.17) is 0 Å². The van der Waals surface area contributed by atoms with E-state index in [1.54, 1.807) is 11.8 Å². The van der Waals surface area contributed by atoms with Gasteiger partial charge in [0.25, 0.3) is 11.8 Å². The van der Waals surface area contributed by atoms with Gasteiger partial charge in [-0.1, -0.05) is 0 Å². The van der Waals surface area contributed by atoms with Gasteiger partial charge in [0.1, 0.15) is 5.82 Å². The average molecular weight is 449 g/mol. The fraction of sp³-hybridized carbons (Fsp3) is 0.375. The maximum atomic E-state index is 13.3. The maximum absolute atomic E-state index is 13.3. The van der Waals surface area contributed by atoms with E-state index in [1.807, 2.05) is 0 Å². The molecule has 9 heteroatoms. The molecule has 0 saturated carbocycles. The van der Waals surface area contributed by atoms with Gasteiger partial charge in [0, 0.05) is 29.7 Å². The number of H-pyrrole nitrogens is 1. The molecule has 1 aliphatic heterocycles. The Balaban J connectivity index is 1.35. The summed E-state index contributed by atoms with van der Waals surface area (Å²) in [4.78, 5) is 36.8. The van der Waals surface area contributed by atoms with Crippen LogP contribution in [0, 0.1) is 12.7 Å². The number of benzene rings is 1.